The lowest BCUT2D eigenvalue weighted by atomic mass is 10.1. The lowest BCUT2D eigenvalue weighted by molar-refractivity contribution is 0.198. The van der Waals surface area contributed by atoms with E-state index in [0.29, 0.717) is 0 Å². The monoisotopic (exact) mass is 353 g/mol. The number of hydrogen-bond donors (Lipinski definition) is 1. The number of anilines is 1. The Hall–Kier alpha value is -1.03. The first-order chi connectivity index (χ1) is 9.49. The minimum absolute atomic E-state index is 0.479. The van der Waals surface area contributed by atoms with Gasteiger partial charge >= 0.3 is 0 Å². The van der Waals surface area contributed by atoms with E-state index in [-0.39, 0.29) is 0 Å². The molecule has 0 amide bonds. The topological polar surface area (TPSA) is 23.5 Å². The van der Waals surface area contributed by atoms with E-state index in [0.717, 1.165) is 32.9 Å². The third-order valence-electron chi connectivity index (χ3n) is 3.24. The first kappa shape index (κ1) is 15.4. The minimum atomic E-state index is -0.479. The second kappa shape index (κ2) is 6.61. The van der Waals surface area contributed by atoms with Crippen LogP contribution >= 0.6 is 27.5 Å². The molecular weight excluding hydrogens is 338 g/mol. The van der Waals surface area contributed by atoms with Crippen LogP contribution < -0.4 is 4.90 Å². The maximum atomic E-state index is 9.64. The van der Waals surface area contributed by atoms with Crippen LogP contribution in [0.25, 0.3) is 0 Å². The molecule has 0 saturated carbocycles. The Balaban J connectivity index is 2.20. The molecule has 2 aromatic rings. The normalized spacial score (nSPS) is 12.2. The fourth-order valence-electron chi connectivity index (χ4n) is 2.07. The highest BCUT2D eigenvalue weighted by atomic mass is 79.9. The van der Waals surface area contributed by atoms with Crippen LogP contribution in [-0.4, -0.2) is 12.2 Å². The van der Waals surface area contributed by atoms with Gasteiger partial charge in [-0.25, -0.2) is 0 Å². The van der Waals surface area contributed by atoms with E-state index in [1.807, 2.05) is 49.5 Å². The van der Waals surface area contributed by atoms with Gasteiger partial charge in [-0.05, 0) is 36.2 Å². The molecule has 2 nitrogen and oxygen atoms in total. The standard InChI is InChI=1S/C16H17BrClNO/c1-11(20)14-8-7-13(9-15(14)17)19(2)10-12-5-3-4-6-16(12)18/h3-9,11,20H,10H2,1-2H3. The minimum Gasteiger partial charge on any atom is -0.389 e. The number of hydrogen-bond acceptors (Lipinski definition) is 2. The fraction of sp³-hybridized carbons (Fsp3) is 0.250. The fourth-order valence-corrected chi connectivity index (χ4v) is 2.96. The maximum absolute atomic E-state index is 9.64. The molecule has 0 aliphatic heterocycles. The van der Waals surface area contributed by atoms with Gasteiger partial charge in [-0.1, -0.05) is 51.8 Å². The molecule has 20 heavy (non-hydrogen) atoms. The summed E-state index contributed by atoms with van der Waals surface area (Å²) in [6.07, 6.45) is -0.479. The van der Waals surface area contributed by atoms with Gasteiger partial charge in [0.15, 0.2) is 0 Å². The maximum Gasteiger partial charge on any atom is 0.0772 e. The molecule has 0 heterocycles. The first-order valence-corrected chi connectivity index (χ1v) is 7.58. The van der Waals surface area contributed by atoms with Gasteiger partial charge in [0.05, 0.1) is 6.10 Å². The molecule has 0 aliphatic carbocycles. The first-order valence-electron chi connectivity index (χ1n) is 6.41. The van der Waals surface area contributed by atoms with Crippen molar-refractivity contribution in [3.05, 3.63) is 63.1 Å². The van der Waals surface area contributed by atoms with Crippen molar-refractivity contribution in [1.29, 1.82) is 0 Å². The number of nitrogens with zero attached hydrogens (tertiary/aromatic N) is 1. The molecule has 0 spiro atoms. The molecule has 0 radical (unpaired) electrons. The summed E-state index contributed by atoms with van der Waals surface area (Å²) >= 11 is 9.69. The van der Waals surface area contributed by atoms with Crippen molar-refractivity contribution in [1.82, 2.24) is 0 Å². The second-order valence-electron chi connectivity index (χ2n) is 4.83. The summed E-state index contributed by atoms with van der Waals surface area (Å²) in [6.45, 7) is 2.49. The summed E-state index contributed by atoms with van der Waals surface area (Å²) in [7, 11) is 2.02. The van der Waals surface area contributed by atoms with Crippen LogP contribution in [0.15, 0.2) is 46.9 Å². The highest BCUT2D eigenvalue weighted by Gasteiger charge is 2.10. The number of halogens is 2. The summed E-state index contributed by atoms with van der Waals surface area (Å²) in [5.74, 6) is 0. The van der Waals surface area contributed by atoms with Crippen LogP contribution in [0.4, 0.5) is 5.69 Å². The molecule has 0 bridgehead atoms. The van der Waals surface area contributed by atoms with Crippen LogP contribution in [0.3, 0.4) is 0 Å². The molecule has 0 saturated heterocycles. The van der Waals surface area contributed by atoms with Crippen LogP contribution in [0.1, 0.15) is 24.2 Å². The van der Waals surface area contributed by atoms with Crippen LogP contribution in [0.2, 0.25) is 5.02 Å². The zero-order valence-corrected chi connectivity index (χ0v) is 13.8. The lowest BCUT2D eigenvalue weighted by Gasteiger charge is -2.21. The quantitative estimate of drug-likeness (QED) is 0.853. The van der Waals surface area contributed by atoms with Crippen LogP contribution in [0.5, 0.6) is 0 Å². The predicted molar refractivity (Wildman–Crippen MR) is 88.3 cm³/mol. The number of aliphatic hydroxyl groups is 1. The zero-order chi connectivity index (χ0) is 14.7. The third kappa shape index (κ3) is 3.54. The molecule has 1 N–H and O–H groups in total. The molecule has 106 valence electrons. The number of benzene rings is 2. The highest BCUT2D eigenvalue weighted by molar-refractivity contribution is 9.10. The van der Waals surface area contributed by atoms with Gasteiger partial charge in [0, 0.05) is 28.8 Å². The Morgan fingerprint density at radius 3 is 2.55 bits per heavy atom. The smallest absolute Gasteiger partial charge is 0.0772 e. The highest BCUT2D eigenvalue weighted by Crippen LogP contribution is 2.29. The average Bonchev–Trinajstić information content (AvgIpc) is 2.40. The molecule has 2 aromatic carbocycles. The molecule has 0 fully saturated rings. The van der Waals surface area contributed by atoms with Crippen molar-refractivity contribution in [3.63, 3.8) is 0 Å². The summed E-state index contributed by atoms with van der Waals surface area (Å²) in [5, 5.41) is 10.4. The van der Waals surface area contributed by atoms with Crippen LogP contribution in [-0.2, 0) is 6.54 Å². The molecule has 1 atom stereocenters. The van der Waals surface area contributed by atoms with E-state index in [4.69, 9.17) is 11.6 Å². The molecular formula is C16H17BrClNO. The Labute approximate surface area is 133 Å². The Bertz CT molecular complexity index is 601. The zero-order valence-electron chi connectivity index (χ0n) is 11.5. The predicted octanol–water partition coefficient (Wildman–Crippen LogP) is 4.79. The number of rotatable bonds is 4. The van der Waals surface area contributed by atoms with Crippen molar-refractivity contribution < 1.29 is 5.11 Å². The van der Waals surface area contributed by atoms with E-state index in [2.05, 4.69) is 20.8 Å². The van der Waals surface area contributed by atoms with E-state index >= 15 is 0 Å². The molecule has 2 rings (SSSR count). The van der Waals surface area contributed by atoms with Crippen molar-refractivity contribution in [2.45, 2.75) is 19.6 Å². The second-order valence-corrected chi connectivity index (χ2v) is 6.09. The van der Waals surface area contributed by atoms with E-state index in [1.54, 1.807) is 6.92 Å². The number of aliphatic hydroxyl groups excluding tert-OH is 1. The van der Waals surface area contributed by atoms with E-state index in [1.165, 1.54) is 0 Å². The van der Waals surface area contributed by atoms with E-state index < -0.39 is 6.10 Å². The Morgan fingerprint density at radius 1 is 1.25 bits per heavy atom. The average molecular weight is 355 g/mol. The SMILES string of the molecule is CC(O)c1ccc(N(C)Cc2ccccc2Cl)cc1Br. The summed E-state index contributed by atoms with van der Waals surface area (Å²) in [6, 6.07) is 13.8. The Kier molecular flexibility index (Phi) is 5.08. The largest absolute Gasteiger partial charge is 0.389 e. The van der Waals surface area contributed by atoms with Crippen molar-refractivity contribution in [3.8, 4) is 0 Å². The van der Waals surface area contributed by atoms with Gasteiger partial charge in [0.25, 0.3) is 0 Å². The van der Waals surface area contributed by atoms with Crippen molar-refractivity contribution >= 4 is 33.2 Å². The van der Waals surface area contributed by atoms with Crippen LogP contribution in [0, 0.1) is 0 Å². The van der Waals surface area contributed by atoms with Gasteiger partial charge in [0.2, 0.25) is 0 Å². The van der Waals surface area contributed by atoms with Gasteiger partial charge in [0.1, 0.15) is 0 Å². The molecule has 4 heteroatoms. The summed E-state index contributed by atoms with van der Waals surface area (Å²) in [4.78, 5) is 2.12. The van der Waals surface area contributed by atoms with Gasteiger partial charge < -0.3 is 10.0 Å². The molecule has 1 unspecified atom stereocenters. The van der Waals surface area contributed by atoms with Gasteiger partial charge in [-0.15, -0.1) is 0 Å². The molecule has 0 aliphatic rings. The van der Waals surface area contributed by atoms with Gasteiger partial charge in [-0.3, -0.25) is 0 Å². The summed E-state index contributed by atoms with van der Waals surface area (Å²) in [5.41, 5.74) is 3.05. The van der Waals surface area contributed by atoms with Crippen molar-refractivity contribution in [2.24, 2.45) is 0 Å². The summed E-state index contributed by atoms with van der Waals surface area (Å²) < 4.78 is 0.913. The van der Waals surface area contributed by atoms with Gasteiger partial charge in [-0.2, -0.15) is 0 Å². The third-order valence-corrected chi connectivity index (χ3v) is 4.30. The van der Waals surface area contributed by atoms with E-state index in [9.17, 15) is 5.11 Å². The molecule has 0 aromatic heterocycles. The van der Waals surface area contributed by atoms with Crippen molar-refractivity contribution in [2.75, 3.05) is 11.9 Å². The lowest BCUT2D eigenvalue weighted by Crippen LogP contribution is -2.16. The Morgan fingerprint density at radius 2 is 1.95 bits per heavy atom.